The van der Waals surface area contributed by atoms with Crippen LogP contribution in [0.15, 0.2) is 84.9 Å². The maximum absolute atomic E-state index is 12.7. The molecule has 0 saturated carbocycles. The van der Waals surface area contributed by atoms with Gasteiger partial charge in [-0.2, -0.15) is 0 Å². The van der Waals surface area contributed by atoms with Gasteiger partial charge in [0.15, 0.2) is 0 Å². The van der Waals surface area contributed by atoms with Gasteiger partial charge in [0.05, 0.1) is 11.4 Å². The number of amides is 2. The molecule has 0 spiro atoms. The molecule has 5 N–H and O–H groups in total. The van der Waals surface area contributed by atoms with Crippen molar-refractivity contribution < 1.29 is 19.4 Å². The lowest BCUT2D eigenvalue weighted by molar-refractivity contribution is -0.112. The summed E-state index contributed by atoms with van der Waals surface area (Å²) in [5.41, 5.74) is 8.43. The Labute approximate surface area is 199 Å². The molecule has 7 nitrogen and oxygen atoms in total. The van der Waals surface area contributed by atoms with Crippen LogP contribution < -0.4 is 16.4 Å². The van der Waals surface area contributed by atoms with Crippen molar-refractivity contribution in [2.24, 2.45) is 5.41 Å². The highest BCUT2D eigenvalue weighted by Crippen LogP contribution is 2.39. The van der Waals surface area contributed by atoms with Gasteiger partial charge >= 0.3 is 6.09 Å². The first-order valence-electron chi connectivity index (χ1n) is 10.8. The lowest BCUT2D eigenvalue weighted by atomic mass is 9.82. The molecule has 3 aromatic rings. The van der Waals surface area contributed by atoms with E-state index in [0.29, 0.717) is 22.6 Å². The third-order valence-electron chi connectivity index (χ3n) is 5.28. The number of rotatable bonds is 7. The molecule has 3 aromatic carbocycles. The third-order valence-corrected chi connectivity index (χ3v) is 5.28. The maximum Gasteiger partial charge on any atom is 0.412 e. The predicted molar refractivity (Wildman–Crippen MR) is 135 cm³/mol. The summed E-state index contributed by atoms with van der Waals surface area (Å²) in [7, 11) is 0. The molecule has 0 unspecified atom stereocenters. The molecule has 0 bridgehead atoms. The van der Waals surface area contributed by atoms with Gasteiger partial charge in [-0.25, -0.2) is 4.79 Å². The first-order valence-corrected chi connectivity index (χ1v) is 10.8. The Morgan fingerprint density at radius 1 is 0.971 bits per heavy atom. The van der Waals surface area contributed by atoms with Gasteiger partial charge < -0.3 is 20.9 Å². The minimum absolute atomic E-state index is 0.0970. The minimum atomic E-state index is -0.777. The number of nitrogens with one attached hydrogen (secondary N) is 2. The number of ether oxygens (including phenoxy) is 1. The SMILES string of the molecule is Cc1ccc(NC(=O)O[C@@H](c2ccc(O)cc2)C(C)(C)/C=C/C(=O)Nc2ccccc2N)cc1. The number of carbonyl (C=O) groups is 2. The highest BCUT2D eigenvalue weighted by atomic mass is 16.6. The summed E-state index contributed by atoms with van der Waals surface area (Å²) >= 11 is 0. The second kappa shape index (κ2) is 10.6. The average Bonchev–Trinajstić information content (AvgIpc) is 2.80. The molecular weight excluding hydrogens is 430 g/mol. The van der Waals surface area contributed by atoms with E-state index in [0.717, 1.165) is 5.56 Å². The van der Waals surface area contributed by atoms with Crippen LogP contribution in [-0.2, 0) is 9.53 Å². The molecule has 0 heterocycles. The van der Waals surface area contributed by atoms with Crippen molar-refractivity contribution in [2.45, 2.75) is 26.9 Å². The lowest BCUT2D eigenvalue weighted by Gasteiger charge is -2.31. The summed E-state index contributed by atoms with van der Waals surface area (Å²) in [5.74, 6) is -0.265. The van der Waals surface area contributed by atoms with Gasteiger partial charge in [-0.15, -0.1) is 0 Å². The van der Waals surface area contributed by atoms with Crippen LogP contribution in [0.5, 0.6) is 5.75 Å². The number of nitrogen functional groups attached to an aromatic ring is 1. The number of benzene rings is 3. The van der Waals surface area contributed by atoms with E-state index in [9.17, 15) is 14.7 Å². The average molecular weight is 460 g/mol. The summed E-state index contributed by atoms with van der Waals surface area (Å²) < 4.78 is 5.81. The highest BCUT2D eigenvalue weighted by molar-refractivity contribution is 6.01. The minimum Gasteiger partial charge on any atom is -0.508 e. The fourth-order valence-electron chi connectivity index (χ4n) is 3.35. The lowest BCUT2D eigenvalue weighted by Crippen LogP contribution is -2.28. The fourth-order valence-corrected chi connectivity index (χ4v) is 3.35. The van der Waals surface area contributed by atoms with E-state index in [4.69, 9.17) is 10.5 Å². The summed E-state index contributed by atoms with van der Waals surface area (Å²) in [4.78, 5) is 25.2. The Bertz CT molecular complexity index is 1170. The molecule has 0 radical (unpaired) electrons. The van der Waals surface area contributed by atoms with Crippen LogP contribution in [0.2, 0.25) is 0 Å². The number of aryl methyl sites for hydroxylation is 1. The quantitative estimate of drug-likeness (QED) is 0.264. The van der Waals surface area contributed by atoms with Gasteiger partial charge in [0.2, 0.25) is 5.91 Å². The van der Waals surface area contributed by atoms with Gasteiger partial charge in [0.1, 0.15) is 11.9 Å². The van der Waals surface area contributed by atoms with E-state index < -0.39 is 17.6 Å². The number of anilines is 3. The topological polar surface area (TPSA) is 114 Å². The van der Waals surface area contributed by atoms with Crippen molar-refractivity contribution in [3.8, 4) is 5.75 Å². The number of aromatic hydroxyl groups is 1. The smallest absolute Gasteiger partial charge is 0.412 e. The van der Waals surface area contributed by atoms with E-state index in [1.165, 1.54) is 18.2 Å². The van der Waals surface area contributed by atoms with Crippen molar-refractivity contribution >= 4 is 29.1 Å². The van der Waals surface area contributed by atoms with E-state index in [1.807, 2.05) is 32.9 Å². The molecule has 1 atom stereocenters. The Kier molecular flexibility index (Phi) is 7.58. The van der Waals surface area contributed by atoms with Crippen LogP contribution in [0.1, 0.15) is 31.1 Å². The second-order valence-corrected chi connectivity index (χ2v) is 8.60. The molecule has 0 aliphatic heterocycles. The van der Waals surface area contributed by atoms with Crippen LogP contribution in [0, 0.1) is 12.3 Å². The molecule has 3 rings (SSSR count). The summed E-state index contributed by atoms with van der Waals surface area (Å²) in [6, 6.07) is 20.7. The number of carbonyl (C=O) groups excluding carboxylic acids is 2. The van der Waals surface area contributed by atoms with Gasteiger partial charge in [0, 0.05) is 11.1 Å². The number of para-hydroxylation sites is 2. The Morgan fingerprint density at radius 3 is 2.26 bits per heavy atom. The van der Waals surface area contributed by atoms with Gasteiger partial charge in [-0.1, -0.05) is 61.9 Å². The van der Waals surface area contributed by atoms with E-state index in [-0.39, 0.29) is 11.7 Å². The fraction of sp³-hybridized carbons (Fsp3) is 0.185. The van der Waals surface area contributed by atoms with Crippen LogP contribution in [0.4, 0.5) is 21.9 Å². The molecule has 176 valence electrons. The molecule has 34 heavy (non-hydrogen) atoms. The van der Waals surface area contributed by atoms with Crippen molar-refractivity contribution in [1.82, 2.24) is 0 Å². The second-order valence-electron chi connectivity index (χ2n) is 8.60. The first-order chi connectivity index (χ1) is 16.1. The van der Waals surface area contributed by atoms with E-state index in [1.54, 1.807) is 54.6 Å². The van der Waals surface area contributed by atoms with Crippen molar-refractivity contribution in [3.63, 3.8) is 0 Å². The number of hydrogen-bond acceptors (Lipinski definition) is 5. The van der Waals surface area contributed by atoms with Crippen molar-refractivity contribution in [1.29, 1.82) is 0 Å². The molecule has 0 aliphatic carbocycles. The van der Waals surface area contributed by atoms with Crippen molar-refractivity contribution in [3.05, 3.63) is 96.1 Å². The molecule has 7 heteroatoms. The Balaban J connectivity index is 1.79. The standard InChI is InChI=1S/C27H29N3O4/c1-18-8-12-20(13-9-18)29-26(33)34-25(19-10-14-21(31)15-11-19)27(2,3)17-16-24(32)30-23-7-5-4-6-22(23)28/h4-17,25,31H,28H2,1-3H3,(H,29,33)(H,30,32)/b17-16+/t25-/m0/s1. The Morgan fingerprint density at radius 2 is 1.62 bits per heavy atom. The number of phenols is 1. The molecule has 0 aromatic heterocycles. The first kappa shape index (κ1) is 24.4. The zero-order valence-electron chi connectivity index (χ0n) is 19.4. The van der Waals surface area contributed by atoms with Crippen LogP contribution in [0.3, 0.4) is 0 Å². The molecule has 2 amide bonds. The van der Waals surface area contributed by atoms with Gasteiger partial charge in [0.25, 0.3) is 0 Å². The number of hydrogen-bond donors (Lipinski definition) is 4. The van der Waals surface area contributed by atoms with Gasteiger partial charge in [-0.3, -0.25) is 10.1 Å². The van der Waals surface area contributed by atoms with Gasteiger partial charge in [-0.05, 0) is 55.0 Å². The monoisotopic (exact) mass is 459 g/mol. The number of phenolic OH excluding ortho intramolecular Hbond substituents is 1. The molecular formula is C27H29N3O4. The Hall–Kier alpha value is -4.26. The van der Waals surface area contributed by atoms with E-state index >= 15 is 0 Å². The summed E-state index contributed by atoms with van der Waals surface area (Å²) in [5, 5.41) is 15.2. The largest absolute Gasteiger partial charge is 0.508 e. The zero-order valence-corrected chi connectivity index (χ0v) is 19.4. The summed E-state index contributed by atoms with van der Waals surface area (Å²) in [6.45, 7) is 5.66. The number of nitrogens with two attached hydrogens (primary N) is 1. The van der Waals surface area contributed by atoms with Crippen LogP contribution in [-0.4, -0.2) is 17.1 Å². The summed E-state index contributed by atoms with van der Waals surface area (Å²) in [6.07, 6.45) is 1.69. The molecule has 0 aliphatic rings. The van der Waals surface area contributed by atoms with Crippen LogP contribution in [0.25, 0.3) is 0 Å². The van der Waals surface area contributed by atoms with Crippen LogP contribution >= 0.6 is 0 Å². The zero-order chi connectivity index (χ0) is 24.7. The third kappa shape index (κ3) is 6.62. The van der Waals surface area contributed by atoms with Crippen molar-refractivity contribution in [2.75, 3.05) is 16.4 Å². The maximum atomic E-state index is 12.7. The van der Waals surface area contributed by atoms with E-state index in [2.05, 4.69) is 10.6 Å². The molecule has 0 fully saturated rings. The normalized spacial score (nSPS) is 12.2. The highest BCUT2D eigenvalue weighted by Gasteiger charge is 2.32. The predicted octanol–water partition coefficient (Wildman–Crippen LogP) is 5.79. The molecule has 0 saturated heterocycles.